The minimum absolute atomic E-state index is 0. The van der Waals surface area contributed by atoms with E-state index >= 15 is 0 Å². The van der Waals surface area contributed by atoms with Crippen LogP contribution in [0, 0.1) is 5.92 Å². The molecule has 0 radical (unpaired) electrons. The van der Waals surface area contributed by atoms with Crippen LogP contribution >= 0.6 is 12.4 Å². The van der Waals surface area contributed by atoms with E-state index in [-0.39, 0.29) is 36.7 Å². The van der Waals surface area contributed by atoms with Gasteiger partial charge in [0, 0.05) is 26.4 Å². The molecule has 3 N–H and O–H groups in total. The third-order valence-electron chi connectivity index (χ3n) is 3.50. The van der Waals surface area contributed by atoms with Gasteiger partial charge in [0.05, 0.1) is 24.4 Å². The van der Waals surface area contributed by atoms with Crippen molar-refractivity contribution in [2.45, 2.75) is 19.4 Å². The molecule has 23 heavy (non-hydrogen) atoms. The van der Waals surface area contributed by atoms with Crippen molar-refractivity contribution in [3.63, 3.8) is 0 Å². The van der Waals surface area contributed by atoms with Crippen molar-refractivity contribution in [3.05, 3.63) is 12.4 Å². The highest BCUT2D eigenvalue weighted by atomic mass is 35.5. The van der Waals surface area contributed by atoms with E-state index in [4.69, 9.17) is 4.74 Å². The van der Waals surface area contributed by atoms with Crippen LogP contribution in [0.4, 0.5) is 5.69 Å². The SMILES string of the molecule is COCCNC(=O)Cn1cc(NC(=O)C2CCCNC2)cn1.Cl. The van der Waals surface area contributed by atoms with Crippen molar-refractivity contribution in [1.82, 2.24) is 20.4 Å². The number of nitrogens with zero attached hydrogens (tertiary/aromatic N) is 2. The Hall–Kier alpha value is -1.64. The molecule has 1 aromatic heterocycles. The van der Waals surface area contributed by atoms with Crippen LogP contribution in [0.2, 0.25) is 0 Å². The van der Waals surface area contributed by atoms with Crippen LogP contribution in [0.3, 0.4) is 0 Å². The lowest BCUT2D eigenvalue weighted by Crippen LogP contribution is -2.37. The summed E-state index contributed by atoms with van der Waals surface area (Å²) in [5.41, 5.74) is 0.611. The lowest BCUT2D eigenvalue weighted by Gasteiger charge is -2.21. The molecule has 1 aromatic rings. The van der Waals surface area contributed by atoms with Crippen LogP contribution in [0.25, 0.3) is 0 Å². The summed E-state index contributed by atoms with van der Waals surface area (Å²) in [5.74, 6) is -0.153. The number of hydrogen-bond donors (Lipinski definition) is 3. The monoisotopic (exact) mass is 345 g/mol. The quantitative estimate of drug-likeness (QED) is 0.605. The average Bonchev–Trinajstić information content (AvgIpc) is 2.95. The fourth-order valence-electron chi connectivity index (χ4n) is 2.33. The minimum atomic E-state index is -0.144. The van der Waals surface area contributed by atoms with Crippen molar-refractivity contribution in [1.29, 1.82) is 0 Å². The molecule has 1 aliphatic rings. The summed E-state index contributed by atoms with van der Waals surface area (Å²) in [6, 6.07) is 0. The topological polar surface area (TPSA) is 97.3 Å². The summed E-state index contributed by atoms with van der Waals surface area (Å²) in [6.45, 7) is 2.74. The molecule has 8 nitrogen and oxygen atoms in total. The molecule has 2 amide bonds. The Labute approximate surface area is 141 Å². The van der Waals surface area contributed by atoms with E-state index in [2.05, 4.69) is 21.0 Å². The predicted molar refractivity (Wildman–Crippen MR) is 88.6 cm³/mol. The second-order valence-electron chi connectivity index (χ2n) is 5.30. The lowest BCUT2D eigenvalue weighted by atomic mass is 9.99. The summed E-state index contributed by atoms with van der Waals surface area (Å²) < 4.78 is 6.36. The van der Waals surface area contributed by atoms with Gasteiger partial charge in [-0.15, -0.1) is 12.4 Å². The van der Waals surface area contributed by atoms with Crippen molar-refractivity contribution >= 4 is 29.9 Å². The Morgan fingerprint density at radius 1 is 1.52 bits per heavy atom. The first-order valence-corrected chi connectivity index (χ1v) is 7.48. The summed E-state index contributed by atoms with van der Waals surface area (Å²) in [7, 11) is 1.58. The van der Waals surface area contributed by atoms with Crippen molar-refractivity contribution in [2.24, 2.45) is 5.92 Å². The first-order valence-electron chi connectivity index (χ1n) is 7.48. The van der Waals surface area contributed by atoms with E-state index in [0.29, 0.717) is 25.4 Å². The summed E-state index contributed by atoms with van der Waals surface area (Å²) in [5, 5.41) is 12.8. The summed E-state index contributed by atoms with van der Waals surface area (Å²) >= 11 is 0. The maximum atomic E-state index is 12.1. The van der Waals surface area contributed by atoms with Crippen LogP contribution in [0.1, 0.15) is 12.8 Å². The van der Waals surface area contributed by atoms with E-state index in [0.717, 1.165) is 19.4 Å². The highest BCUT2D eigenvalue weighted by molar-refractivity contribution is 5.92. The Kier molecular flexibility index (Phi) is 8.60. The summed E-state index contributed by atoms with van der Waals surface area (Å²) in [4.78, 5) is 23.7. The third kappa shape index (κ3) is 6.55. The number of piperidine rings is 1. The first kappa shape index (κ1) is 19.4. The van der Waals surface area contributed by atoms with Crippen molar-refractivity contribution in [2.75, 3.05) is 38.7 Å². The molecule has 2 rings (SSSR count). The third-order valence-corrected chi connectivity index (χ3v) is 3.50. The average molecular weight is 346 g/mol. The molecule has 1 atom stereocenters. The number of carbonyl (C=O) groups is 2. The van der Waals surface area contributed by atoms with Gasteiger partial charge in [-0.05, 0) is 19.4 Å². The summed E-state index contributed by atoms with van der Waals surface area (Å²) in [6.07, 6.45) is 5.12. The van der Waals surface area contributed by atoms with Gasteiger partial charge >= 0.3 is 0 Å². The number of anilines is 1. The van der Waals surface area contributed by atoms with Gasteiger partial charge in [-0.2, -0.15) is 5.10 Å². The minimum Gasteiger partial charge on any atom is -0.383 e. The highest BCUT2D eigenvalue weighted by Gasteiger charge is 2.21. The van der Waals surface area contributed by atoms with Crippen LogP contribution in [-0.2, 0) is 20.9 Å². The fraction of sp³-hybridized carbons (Fsp3) is 0.643. The van der Waals surface area contributed by atoms with Crippen LogP contribution in [-0.4, -0.2) is 54.9 Å². The zero-order valence-electron chi connectivity index (χ0n) is 13.2. The van der Waals surface area contributed by atoms with Crippen molar-refractivity contribution < 1.29 is 14.3 Å². The van der Waals surface area contributed by atoms with Crippen LogP contribution < -0.4 is 16.0 Å². The van der Waals surface area contributed by atoms with Gasteiger partial charge in [0.25, 0.3) is 0 Å². The van der Waals surface area contributed by atoms with E-state index in [9.17, 15) is 9.59 Å². The molecular weight excluding hydrogens is 322 g/mol. The number of rotatable bonds is 7. The van der Waals surface area contributed by atoms with E-state index in [1.54, 1.807) is 19.5 Å². The molecular formula is C14H24ClN5O3. The van der Waals surface area contributed by atoms with E-state index in [1.807, 2.05) is 0 Å². The molecule has 9 heteroatoms. The molecule has 0 aromatic carbocycles. The number of ether oxygens (including phenoxy) is 1. The Morgan fingerprint density at radius 3 is 3.04 bits per heavy atom. The molecule has 0 saturated carbocycles. The molecule has 1 fully saturated rings. The molecule has 1 saturated heterocycles. The molecule has 2 heterocycles. The lowest BCUT2D eigenvalue weighted by molar-refractivity contribution is -0.122. The van der Waals surface area contributed by atoms with Gasteiger partial charge in [-0.25, -0.2) is 0 Å². The van der Waals surface area contributed by atoms with Crippen LogP contribution in [0.5, 0.6) is 0 Å². The van der Waals surface area contributed by atoms with Crippen LogP contribution in [0.15, 0.2) is 12.4 Å². The number of methoxy groups -OCH3 is 1. The number of hydrogen-bond acceptors (Lipinski definition) is 5. The number of carbonyl (C=O) groups excluding carboxylic acids is 2. The zero-order chi connectivity index (χ0) is 15.8. The van der Waals surface area contributed by atoms with Gasteiger partial charge < -0.3 is 20.7 Å². The fourth-order valence-corrected chi connectivity index (χ4v) is 2.33. The largest absolute Gasteiger partial charge is 0.383 e. The maximum Gasteiger partial charge on any atom is 0.241 e. The van der Waals surface area contributed by atoms with E-state index < -0.39 is 0 Å². The standard InChI is InChI=1S/C14H23N5O3.ClH/c1-22-6-5-16-13(20)10-19-9-12(8-17-19)18-14(21)11-3-2-4-15-7-11;/h8-9,11,15H,2-7,10H2,1H3,(H,16,20)(H,18,21);1H. The molecule has 130 valence electrons. The van der Waals surface area contributed by atoms with Gasteiger partial charge in [0.2, 0.25) is 11.8 Å². The second kappa shape index (κ2) is 10.2. The predicted octanol–water partition coefficient (Wildman–Crippen LogP) is 0.00560. The zero-order valence-corrected chi connectivity index (χ0v) is 14.0. The number of nitrogens with one attached hydrogen (secondary N) is 3. The molecule has 0 aliphatic carbocycles. The smallest absolute Gasteiger partial charge is 0.241 e. The van der Waals surface area contributed by atoms with Crippen molar-refractivity contribution in [3.8, 4) is 0 Å². The van der Waals surface area contributed by atoms with E-state index in [1.165, 1.54) is 4.68 Å². The number of aromatic nitrogens is 2. The molecule has 1 unspecified atom stereocenters. The van der Waals surface area contributed by atoms with Gasteiger partial charge in [0.15, 0.2) is 0 Å². The molecule has 0 bridgehead atoms. The molecule has 0 spiro atoms. The normalized spacial score (nSPS) is 17.2. The first-order chi connectivity index (χ1) is 10.7. The second-order valence-corrected chi connectivity index (χ2v) is 5.30. The Bertz CT molecular complexity index is 502. The van der Waals surface area contributed by atoms with Gasteiger partial charge in [-0.1, -0.05) is 0 Å². The van der Waals surface area contributed by atoms with Gasteiger partial charge in [-0.3, -0.25) is 14.3 Å². The molecule has 1 aliphatic heterocycles. The Balaban J connectivity index is 0.00000264. The highest BCUT2D eigenvalue weighted by Crippen LogP contribution is 2.13. The maximum absolute atomic E-state index is 12.1. The van der Waals surface area contributed by atoms with Gasteiger partial charge in [0.1, 0.15) is 6.54 Å². The number of amides is 2. The Morgan fingerprint density at radius 2 is 2.35 bits per heavy atom. The number of halogens is 1.